The van der Waals surface area contributed by atoms with Gasteiger partial charge < -0.3 is 10.6 Å². The Hall–Kier alpha value is -2.34. The molecule has 1 amide bonds. The van der Waals surface area contributed by atoms with Crippen LogP contribution in [0, 0.1) is 5.41 Å². The Morgan fingerprint density at radius 1 is 1.15 bits per heavy atom. The van der Waals surface area contributed by atoms with Crippen molar-refractivity contribution in [2.75, 3.05) is 13.1 Å². The average molecular weight is 276 g/mol. The second kappa shape index (κ2) is 9.57. The fourth-order valence-electron chi connectivity index (χ4n) is 1.51. The number of hydrogen-bond donors (Lipinski definition) is 5. The van der Waals surface area contributed by atoms with E-state index in [-0.39, 0.29) is 11.9 Å². The van der Waals surface area contributed by atoms with Crippen molar-refractivity contribution >= 4 is 17.9 Å². The number of hydrogen-bond acceptors (Lipinski definition) is 3. The van der Waals surface area contributed by atoms with E-state index in [1.807, 2.05) is 30.3 Å². The largest absolute Gasteiger partial charge is 0.355 e. The van der Waals surface area contributed by atoms with Gasteiger partial charge in [0.2, 0.25) is 11.9 Å². The van der Waals surface area contributed by atoms with Crippen molar-refractivity contribution in [3.8, 4) is 0 Å². The first-order valence-corrected chi connectivity index (χ1v) is 6.46. The first kappa shape index (κ1) is 15.7. The topological polar surface area (TPSA) is 97.2 Å². The van der Waals surface area contributed by atoms with Crippen molar-refractivity contribution < 1.29 is 10.0 Å². The third kappa shape index (κ3) is 7.17. The van der Waals surface area contributed by atoms with E-state index in [0.717, 1.165) is 18.4 Å². The molecule has 6 nitrogen and oxygen atoms in total. The number of benzene rings is 1. The second-order valence-electron chi connectivity index (χ2n) is 4.16. The molecule has 5 N–H and O–H groups in total. The minimum atomic E-state index is -0.125. The van der Waals surface area contributed by atoms with Crippen molar-refractivity contribution in [2.24, 2.45) is 0 Å². The van der Waals surface area contributed by atoms with Gasteiger partial charge in [-0.3, -0.25) is 15.4 Å². The van der Waals surface area contributed by atoms with Gasteiger partial charge in [0.15, 0.2) is 0 Å². The summed E-state index contributed by atoms with van der Waals surface area (Å²) < 4.78 is 0. The third-order valence-electron chi connectivity index (χ3n) is 2.54. The molecule has 0 spiro atoms. The van der Waals surface area contributed by atoms with Gasteiger partial charge in [-0.25, -0.2) is 5.48 Å². The Kier molecular flexibility index (Phi) is 7.52. The highest BCUT2D eigenvalue weighted by atomic mass is 16.5. The van der Waals surface area contributed by atoms with Crippen LogP contribution in [0.15, 0.2) is 36.4 Å². The molecule has 0 radical (unpaired) electrons. The molecule has 0 aliphatic heterocycles. The van der Waals surface area contributed by atoms with E-state index in [1.54, 1.807) is 11.6 Å². The van der Waals surface area contributed by atoms with Gasteiger partial charge in [-0.05, 0) is 24.5 Å². The van der Waals surface area contributed by atoms with E-state index in [4.69, 9.17) is 10.6 Å². The number of nitrogens with one attached hydrogen (secondary N) is 4. The van der Waals surface area contributed by atoms with Gasteiger partial charge in [0, 0.05) is 19.2 Å². The van der Waals surface area contributed by atoms with Gasteiger partial charge in [-0.15, -0.1) is 0 Å². The minimum absolute atomic E-state index is 0.119. The summed E-state index contributed by atoms with van der Waals surface area (Å²) in [6.07, 6.45) is 4.88. The van der Waals surface area contributed by atoms with Crippen LogP contribution < -0.4 is 16.1 Å². The molecule has 0 unspecified atom stereocenters. The molecule has 6 heteroatoms. The number of hydroxylamine groups is 1. The highest BCUT2D eigenvalue weighted by Gasteiger charge is 1.95. The molecule has 0 aliphatic carbocycles. The number of rotatable bonds is 7. The zero-order valence-corrected chi connectivity index (χ0v) is 11.2. The van der Waals surface area contributed by atoms with Gasteiger partial charge in [0.1, 0.15) is 0 Å². The maximum absolute atomic E-state index is 11.5. The van der Waals surface area contributed by atoms with Crippen LogP contribution in [0.3, 0.4) is 0 Å². The lowest BCUT2D eigenvalue weighted by molar-refractivity contribution is -0.116. The van der Waals surface area contributed by atoms with Crippen LogP contribution >= 0.6 is 0 Å². The lowest BCUT2D eigenvalue weighted by Crippen LogP contribution is -2.34. The molecular formula is C14H20N4O2. The van der Waals surface area contributed by atoms with Gasteiger partial charge in [-0.1, -0.05) is 30.3 Å². The van der Waals surface area contributed by atoms with E-state index in [0.29, 0.717) is 13.1 Å². The molecule has 108 valence electrons. The van der Waals surface area contributed by atoms with Crippen molar-refractivity contribution in [2.45, 2.75) is 12.8 Å². The quantitative estimate of drug-likeness (QED) is 0.169. The summed E-state index contributed by atoms with van der Waals surface area (Å²) in [5, 5.41) is 20.9. The zero-order chi connectivity index (χ0) is 14.6. The molecule has 1 rings (SSSR count). The van der Waals surface area contributed by atoms with Crippen molar-refractivity contribution in [1.82, 2.24) is 16.1 Å². The molecule has 0 saturated carbocycles. The molecule has 1 aromatic carbocycles. The Morgan fingerprint density at radius 3 is 2.45 bits per heavy atom. The molecule has 0 saturated heterocycles. The van der Waals surface area contributed by atoms with Crippen LogP contribution in [-0.2, 0) is 4.79 Å². The van der Waals surface area contributed by atoms with Gasteiger partial charge in [0.05, 0.1) is 0 Å². The zero-order valence-electron chi connectivity index (χ0n) is 11.2. The first-order chi connectivity index (χ1) is 9.72. The Bertz CT molecular complexity index is 446. The molecule has 0 fully saturated rings. The lowest BCUT2D eigenvalue weighted by Gasteiger charge is -2.05. The fraction of sp³-hybridized carbons (Fsp3) is 0.286. The van der Waals surface area contributed by atoms with E-state index in [2.05, 4.69) is 10.6 Å². The summed E-state index contributed by atoms with van der Waals surface area (Å²) >= 11 is 0. The van der Waals surface area contributed by atoms with Crippen LogP contribution in [-0.4, -0.2) is 30.2 Å². The molecule has 0 atom stereocenters. The van der Waals surface area contributed by atoms with Crippen LogP contribution in [0.25, 0.3) is 6.08 Å². The van der Waals surface area contributed by atoms with Gasteiger partial charge in [0.25, 0.3) is 0 Å². The molecular weight excluding hydrogens is 256 g/mol. The SMILES string of the molecule is N=C(NO)NCCCCNC(=O)C=Cc1ccccc1. The Morgan fingerprint density at radius 2 is 1.80 bits per heavy atom. The monoisotopic (exact) mass is 276 g/mol. The van der Waals surface area contributed by atoms with Crippen LogP contribution in [0.5, 0.6) is 0 Å². The smallest absolute Gasteiger partial charge is 0.243 e. The van der Waals surface area contributed by atoms with E-state index in [9.17, 15) is 4.79 Å². The highest BCUT2D eigenvalue weighted by Crippen LogP contribution is 2.00. The number of guanidine groups is 1. The normalized spacial score (nSPS) is 10.2. The molecule has 20 heavy (non-hydrogen) atoms. The Balaban J connectivity index is 2.09. The third-order valence-corrected chi connectivity index (χ3v) is 2.54. The van der Waals surface area contributed by atoms with E-state index >= 15 is 0 Å². The van der Waals surface area contributed by atoms with Gasteiger partial charge >= 0.3 is 0 Å². The van der Waals surface area contributed by atoms with Crippen LogP contribution in [0.2, 0.25) is 0 Å². The lowest BCUT2D eigenvalue weighted by atomic mass is 10.2. The number of carbonyl (C=O) groups excluding carboxylic acids is 1. The summed E-state index contributed by atoms with van der Waals surface area (Å²) in [4.78, 5) is 11.5. The molecule has 0 heterocycles. The molecule has 0 aromatic heterocycles. The Labute approximate surface area is 118 Å². The van der Waals surface area contributed by atoms with Crippen LogP contribution in [0.4, 0.5) is 0 Å². The second-order valence-corrected chi connectivity index (χ2v) is 4.16. The predicted molar refractivity (Wildman–Crippen MR) is 78.4 cm³/mol. The first-order valence-electron chi connectivity index (χ1n) is 6.46. The van der Waals surface area contributed by atoms with Crippen molar-refractivity contribution in [3.05, 3.63) is 42.0 Å². The fourth-order valence-corrected chi connectivity index (χ4v) is 1.51. The summed E-state index contributed by atoms with van der Waals surface area (Å²) in [7, 11) is 0. The van der Waals surface area contributed by atoms with Gasteiger partial charge in [-0.2, -0.15) is 0 Å². The van der Waals surface area contributed by atoms with Crippen molar-refractivity contribution in [3.63, 3.8) is 0 Å². The maximum atomic E-state index is 11.5. The maximum Gasteiger partial charge on any atom is 0.243 e. The minimum Gasteiger partial charge on any atom is -0.355 e. The van der Waals surface area contributed by atoms with E-state index < -0.39 is 0 Å². The summed E-state index contributed by atoms with van der Waals surface area (Å²) in [5.41, 5.74) is 2.69. The predicted octanol–water partition coefficient (Wildman–Crippen LogP) is 1.10. The molecule has 0 aliphatic rings. The van der Waals surface area contributed by atoms with Crippen LogP contribution in [0.1, 0.15) is 18.4 Å². The molecule has 0 bridgehead atoms. The summed E-state index contributed by atoms with van der Waals surface area (Å²) in [5.74, 6) is -0.244. The van der Waals surface area contributed by atoms with Crippen molar-refractivity contribution in [1.29, 1.82) is 5.41 Å². The summed E-state index contributed by atoms with van der Waals surface area (Å²) in [6.45, 7) is 1.15. The average Bonchev–Trinajstić information content (AvgIpc) is 2.49. The standard InChI is InChI=1S/C14H20N4O2/c15-14(18-20)17-11-5-4-10-16-13(19)9-8-12-6-2-1-3-7-12/h1-3,6-9,20H,4-5,10-11H2,(H,16,19)(H3,15,17,18). The summed E-state index contributed by atoms with van der Waals surface area (Å²) in [6, 6.07) is 9.63. The van der Waals surface area contributed by atoms with E-state index in [1.165, 1.54) is 6.08 Å². The number of carbonyl (C=O) groups is 1. The number of amides is 1. The number of unbranched alkanes of at least 4 members (excludes halogenated alkanes) is 1. The molecule has 1 aromatic rings. The highest BCUT2D eigenvalue weighted by molar-refractivity contribution is 5.91.